The van der Waals surface area contributed by atoms with Crippen molar-refractivity contribution in [3.63, 3.8) is 0 Å². The van der Waals surface area contributed by atoms with Crippen molar-refractivity contribution in [1.82, 2.24) is 9.97 Å². The van der Waals surface area contributed by atoms with Gasteiger partial charge in [-0.3, -0.25) is 0 Å². The van der Waals surface area contributed by atoms with Crippen molar-refractivity contribution < 1.29 is 5.11 Å². The van der Waals surface area contributed by atoms with Gasteiger partial charge in [0.25, 0.3) is 0 Å². The van der Waals surface area contributed by atoms with E-state index in [4.69, 9.17) is 0 Å². The van der Waals surface area contributed by atoms with E-state index >= 15 is 0 Å². The first-order valence-corrected chi connectivity index (χ1v) is 7.83. The topological polar surface area (TPSA) is 58.0 Å². The number of nitrogens with one attached hydrogen (secondary N) is 1. The van der Waals surface area contributed by atoms with Gasteiger partial charge < -0.3 is 10.4 Å². The molecular weight excluding hydrogens is 298 g/mol. The molecule has 4 rings (SSSR count). The van der Waals surface area contributed by atoms with E-state index < -0.39 is 0 Å². The zero-order valence-corrected chi connectivity index (χ0v) is 13.5. The number of hydrogen-bond donors (Lipinski definition) is 2. The number of aromatic nitrogens is 2. The van der Waals surface area contributed by atoms with Gasteiger partial charge >= 0.3 is 0 Å². The van der Waals surface area contributed by atoms with E-state index in [0.717, 1.165) is 33.2 Å². The molecule has 0 aliphatic carbocycles. The Morgan fingerprint density at radius 2 is 1.58 bits per heavy atom. The molecule has 0 bridgehead atoms. The lowest BCUT2D eigenvalue weighted by Crippen LogP contribution is -1.97. The van der Waals surface area contributed by atoms with Crippen molar-refractivity contribution in [3.05, 3.63) is 66.0 Å². The van der Waals surface area contributed by atoms with Gasteiger partial charge in [-0.1, -0.05) is 24.3 Å². The van der Waals surface area contributed by atoms with E-state index in [-0.39, 0.29) is 5.75 Å². The lowest BCUT2D eigenvalue weighted by atomic mass is 10.1. The number of benzene rings is 3. The van der Waals surface area contributed by atoms with E-state index in [1.807, 2.05) is 30.3 Å². The summed E-state index contributed by atoms with van der Waals surface area (Å²) in [5.41, 5.74) is 4.23. The van der Waals surface area contributed by atoms with Crippen LogP contribution in [0, 0.1) is 13.8 Å². The molecule has 0 atom stereocenters. The molecule has 1 heterocycles. The van der Waals surface area contributed by atoms with Crippen molar-refractivity contribution in [1.29, 1.82) is 0 Å². The molecule has 0 spiro atoms. The monoisotopic (exact) mass is 315 g/mol. The van der Waals surface area contributed by atoms with Crippen LogP contribution in [0.2, 0.25) is 0 Å². The summed E-state index contributed by atoms with van der Waals surface area (Å²) >= 11 is 0. The van der Waals surface area contributed by atoms with Crippen LogP contribution >= 0.6 is 0 Å². The Labute approximate surface area is 139 Å². The van der Waals surface area contributed by atoms with Gasteiger partial charge in [0.05, 0.1) is 5.52 Å². The third kappa shape index (κ3) is 2.33. The van der Waals surface area contributed by atoms with Crippen LogP contribution in [0.3, 0.4) is 0 Å². The minimum atomic E-state index is 0.273. The number of fused-ring (bicyclic) bond motifs is 2. The summed E-state index contributed by atoms with van der Waals surface area (Å²) in [6.45, 7) is 4.17. The molecule has 4 nitrogen and oxygen atoms in total. The largest absolute Gasteiger partial charge is 0.507 e. The average molecular weight is 315 g/mol. The van der Waals surface area contributed by atoms with Crippen molar-refractivity contribution in [2.45, 2.75) is 13.8 Å². The van der Waals surface area contributed by atoms with Crippen LogP contribution in [0.25, 0.3) is 21.7 Å². The molecule has 0 amide bonds. The number of aromatic hydroxyl groups is 1. The molecule has 0 saturated carbocycles. The Morgan fingerprint density at radius 3 is 2.42 bits per heavy atom. The average Bonchev–Trinajstić information content (AvgIpc) is 2.59. The van der Waals surface area contributed by atoms with E-state index in [1.165, 1.54) is 11.1 Å². The van der Waals surface area contributed by atoms with Crippen molar-refractivity contribution in [3.8, 4) is 5.75 Å². The predicted molar refractivity (Wildman–Crippen MR) is 97.9 cm³/mol. The van der Waals surface area contributed by atoms with E-state index in [2.05, 4.69) is 41.3 Å². The highest BCUT2D eigenvalue weighted by molar-refractivity contribution is 6.01. The van der Waals surface area contributed by atoms with Gasteiger partial charge in [0.2, 0.25) is 0 Å². The zero-order valence-electron chi connectivity index (χ0n) is 13.5. The molecule has 4 heteroatoms. The van der Waals surface area contributed by atoms with E-state index in [1.54, 1.807) is 12.4 Å². The van der Waals surface area contributed by atoms with Gasteiger partial charge in [-0.2, -0.15) is 0 Å². The maximum absolute atomic E-state index is 10.0. The summed E-state index contributed by atoms with van der Waals surface area (Å²) in [6.07, 6.45) is 1.57. The smallest absolute Gasteiger partial charge is 0.141 e. The fourth-order valence-corrected chi connectivity index (χ4v) is 2.94. The number of phenolic OH excluding ortho intramolecular Hbond substituents is 1. The first-order valence-electron chi connectivity index (χ1n) is 7.83. The van der Waals surface area contributed by atoms with Crippen molar-refractivity contribution >= 4 is 33.2 Å². The normalized spacial score (nSPS) is 11.1. The second-order valence-electron chi connectivity index (χ2n) is 5.98. The van der Waals surface area contributed by atoms with Crippen molar-refractivity contribution in [2.75, 3.05) is 5.32 Å². The maximum Gasteiger partial charge on any atom is 0.141 e. The van der Waals surface area contributed by atoms with E-state index in [0.29, 0.717) is 0 Å². The Hall–Kier alpha value is -3.14. The molecule has 1 aromatic heterocycles. The Balaban J connectivity index is 1.89. The van der Waals surface area contributed by atoms with Crippen molar-refractivity contribution in [2.24, 2.45) is 0 Å². The lowest BCUT2D eigenvalue weighted by molar-refractivity contribution is 0.481. The van der Waals surface area contributed by atoms with Gasteiger partial charge in [-0.25, -0.2) is 9.97 Å². The molecule has 0 radical (unpaired) electrons. The first kappa shape index (κ1) is 14.5. The third-order valence-electron chi connectivity index (χ3n) is 4.40. The zero-order chi connectivity index (χ0) is 16.7. The molecule has 0 aliphatic heterocycles. The van der Waals surface area contributed by atoms with Crippen LogP contribution in [0.15, 0.2) is 54.9 Å². The predicted octanol–water partition coefficient (Wildman–Crippen LogP) is 4.85. The molecule has 0 aliphatic rings. The van der Waals surface area contributed by atoms with Crippen LogP contribution < -0.4 is 5.32 Å². The minimum absolute atomic E-state index is 0.273. The quantitative estimate of drug-likeness (QED) is 0.519. The summed E-state index contributed by atoms with van der Waals surface area (Å²) in [5.74, 6) is 1.04. The van der Waals surface area contributed by atoms with Crippen LogP contribution in [0.5, 0.6) is 5.75 Å². The van der Waals surface area contributed by atoms with Gasteiger partial charge in [0.1, 0.15) is 17.9 Å². The molecule has 2 N–H and O–H groups in total. The number of hydrogen-bond acceptors (Lipinski definition) is 4. The van der Waals surface area contributed by atoms with Gasteiger partial charge in [-0.05, 0) is 49.2 Å². The Morgan fingerprint density at radius 1 is 0.833 bits per heavy atom. The molecule has 0 fully saturated rings. The lowest BCUT2D eigenvalue weighted by Gasteiger charge is -2.13. The number of phenols is 1. The highest BCUT2D eigenvalue weighted by Gasteiger charge is 2.09. The standard InChI is InChI=1S/C20H17N3O/c1-12-9-16-18(10-13(12)2)21-11-22-20(16)23-17-7-8-19(24)15-6-4-3-5-14(15)17/h3-11,24H,1-2H3,(H,21,22,23). The summed E-state index contributed by atoms with van der Waals surface area (Å²) in [4.78, 5) is 8.79. The Kier molecular flexibility index (Phi) is 3.31. The second kappa shape index (κ2) is 5.49. The van der Waals surface area contributed by atoms with E-state index in [9.17, 15) is 5.11 Å². The maximum atomic E-state index is 10.0. The van der Waals surface area contributed by atoms with Gasteiger partial charge in [0.15, 0.2) is 0 Å². The van der Waals surface area contributed by atoms with Crippen LogP contribution in [-0.2, 0) is 0 Å². The van der Waals surface area contributed by atoms with Crippen LogP contribution in [0.1, 0.15) is 11.1 Å². The number of nitrogens with zero attached hydrogens (tertiary/aromatic N) is 2. The molecule has 4 aromatic rings. The summed E-state index contributed by atoms with van der Waals surface area (Å²) in [6, 6.07) is 15.5. The molecular formula is C20H17N3O. The molecule has 118 valence electrons. The summed E-state index contributed by atoms with van der Waals surface area (Å²) in [5, 5.41) is 16.2. The number of rotatable bonds is 2. The SMILES string of the molecule is Cc1cc2ncnc(Nc3ccc(O)c4ccccc34)c2cc1C. The fourth-order valence-electron chi connectivity index (χ4n) is 2.94. The molecule has 3 aromatic carbocycles. The van der Waals surface area contributed by atoms with Crippen LogP contribution in [0.4, 0.5) is 11.5 Å². The molecule has 0 saturated heterocycles. The highest BCUT2D eigenvalue weighted by Crippen LogP contribution is 2.33. The van der Waals surface area contributed by atoms with Gasteiger partial charge in [0, 0.05) is 21.8 Å². The number of anilines is 2. The van der Waals surface area contributed by atoms with Gasteiger partial charge in [-0.15, -0.1) is 0 Å². The third-order valence-corrected chi connectivity index (χ3v) is 4.40. The number of aryl methyl sites for hydroxylation is 2. The van der Waals surface area contributed by atoms with Crippen LogP contribution in [-0.4, -0.2) is 15.1 Å². The Bertz CT molecular complexity index is 1070. The fraction of sp³-hybridized carbons (Fsp3) is 0.100. The highest BCUT2D eigenvalue weighted by atomic mass is 16.3. The minimum Gasteiger partial charge on any atom is -0.507 e. The summed E-state index contributed by atoms with van der Waals surface area (Å²) in [7, 11) is 0. The summed E-state index contributed by atoms with van der Waals surface area (Å²) < 4.78 is 0. The molecule has 24 heavy (non-hydrogen) atoms. The molecule has 0 unspecified atom stereocenters. The second-order valence-corrected chi connectivity index (χ2v) is 5.98. The first-order chi connectivity index (χ1) is 11.6.